The van der Waals surface area contributed by atoms with Gasteiger partial charge in [0.25, 0.3) is 0 Å². The molecular weight excluding hydrogens is 439 g/mol. The number of nitrogens with zero attached hydrogens (tertiary/aromatic N) is 2. The number of benzene rings is 1. The molecule has 1 aliphatic rings. The standard InChI is InChI=1S/C20H34N4O.HI/c1-5-17-6-8-18(9-7-17)10-11-22-19(21-4)23-16-20(2,3)24-12-14-25-15-13-24;/h6-9H,5,10-16H2,1-4H3,(H2,21,22,23);1H. The number of hydrogen-bond acceptors (Lipinski definition) is 3. The Balaban J connectivity index is 0.00000338. The molecule has 0 radical (unpaired) electrons. The lowest BCUT2D eigenvalue weighted by Crippen LogP contribution is -2.56. The second-order valence-electron chi connectivity index (χ2n) is 7.18. The summed E-state index contributed by atoms with van der Waals surface area (Å²) < 4.78 is 5.45. The smallest absolute Gasteiger partial charge is 0.191 e. The lowest BCUT2D eigenvalue weighted by molar-refractivity contribution is -0.00833. The molecule has 0 aromatic heterocycles. The van der Waals surface area contributed by atoms with Gasteiger partial charge in [0.15, 0.2) is 5.96 Å². The average Bonchev–Trinajstić information content (AvgIpc) is 2.65. The van der Waals surface area contributed by atoms with E-state index in [1.807, 2.05) is 7.05 Å². The van der Waals surface area contributed by atoms with E-state index >= 15 is 0 Å². The SMILES string of the molecule is CCc1ccc(CCNC(=NC)NCC(C)(C)N2CCOCC2)cc1.I. The molecule has 148 valence electrons. The molecule has 0 atom stereocenters. The molecule has 0 spiro atoms. The van der Waals surface area contributed by atoms with Crippen LogP contribution in [0.25, 0.3) is 0 Å². The summed E-state index contributed by atoms with van der Waals surface area (Å²) in [7, 11) is 1.83. The minimum Gasteiger partial charge on any atom is -0.379 e. The first-order valence-corrected chi connectivity index (χ1v) is 9.40. The van der Waals surface area contributed by atoms with E-state index in [1.165, 1.54) is 11.1 Å². The van der Waals surface area contributed by atoms with Gasteiger partial charge < -0.3 is 15.4 Å². The summed E-state index contributed by atoms with van der Waals surface area (Å²) in [6, 6.07) is 8.87. The molecule has 5 nitrogen and oxygen atoms in total. The minimum atomic E-state index is 0. The summed E-state index contributed by atoms with van der Waals surface area (Å²) >= 11 is 0. The van der Waals surface area contributed by atoms with Crippen molar-refractivity contribution in [1.29, 1.82) is 0 Å². The summed E-state index contributed by atoms with van der Waals surface area (Å²) in [6.07, 6.45) is 2.09. The zero-order chi connectivity index (χ0) is 18.1. The van der Waals surface area contributed by atoms with E-state index in [9.17, 15) is 0 Å². The van der Waals surface area contributed by atoms with Crippen LogP contribution in [-0.4, -0.2) is 62.8 Å². The highest BCUT2D eigenvalue weighted by molar-refractivity contribution is 14.0. The fourth-order valence-electron chi connectivity index (χ4n) is 3.07. The Morgan fingerprint density at radius 2 is 1.73 bits per heavy atom. The third-order valence-electron chi connectivity index (χ3n) is 4.92. The van der Waals surface area contributed by atoms with E-state index in [4.69, 9.17) is 4.74 Å². The van der Waals surface area contributed by atoms with Crippen LogP contribution in [0, 0.1) is 0 Å². The van der Waals surface area contributed by atoms with E-state index in [2.05, 4.69) is 65.6 Å². The molecule has 6 heteroatoms. The minimum absolute atomic E-state index is 0. The van der Waals surface area contributed by atoms with Gasteiger partial charge in [0.05, 0.1) is 13.2 Å². The number of nitrogens with one attached hydrogen (secondary N) is 2. The van der Waals surface area contributed by atoms with Crippen LogP contribution in [0.1, 0.15) is 31.9 Å². The molecule has 1 aromatic rings. The van der Waals surface area contributed by atoms with Crippen LogP contribution in [0.2, 0.25) is 0 Å². The van der Waals surface area contributed by atoms with Crippen molar-refractivity contribution in [3.05, 3.63) is 35.4 Å². The molecule has 1 aromatic carbocycles. The monoisotopic (exact) mass is 474 g/mol. The topological polar surface area (TPSA) is 48.9 Å². The van der Waals surface area contributed by atoms with Gasteiger partial charge in [-0.25, -0.2) is 0 Å². The van der Waals surface area contributed by atoms with E-state index in [-0.39, 0.29) is 29.5 Å². The maximum atomic E-state index is 5.45. The normalized spacial score (nSPS) is 16.1. The maximum Gasteiger partial charge on any atom is 0.191 e. The Kier molecular flexibility index (Phi) is 10.5. The number of guanidine groups is 1. The number of morpholine rings is 1. The number of rotatable bonds is 7. The van der Waals surface area contributed by atoms with Gasteiger partial charge in [0.1, 0.15) is 0 Å². The Bertz CT molecular complexity index is 539. The highest BCUT2D eigenvalue weighted by Crippen LogP contribution is 2.15. The number of aliphatic imine (C=N–C) groups is 1. The fourth-order valence-corrected chi connectivity index (χ4v) is 3.07. The molecular formula is C20H35IN4O. The third kappa shape index (κ3) is 7.40. The van der Waals surface area contributed by atoms with Crippen molar-refractivity contribution in [3.63, 3.8) is 0 Å². The molecule has 0 unspecified atom stereocenters. The van der Waals surface area contributed by atoms with Crippen LogP contribution in [0.15, 0.2) is 29.3 Å². The Morgan fingerprint density at radius 1 is 1.12 bits per heavy atom. The van der Waals surface area contributed by atoms with Crippen molar-refractivity contribution >= 4 is 29.9 Å². The van der Waals surface area contributed by atoms with E-state index in [0.717, 1.165) is 58.2 Å². The first-order chi connectivity index (χ1) is 12.0. The maximum absolute atomic E-state index is 5.45. The highest BCUT2D eigenvalue weighted by Gasteiger charge is 2.28. The molecule has 0 aliphatic carbocycles. The zero-order valence-corrected chi connectivity index (χ0v) is 19.0. The predicted molar refractivity (Wildman–Crippen MR) is 121 cm³/mol. The quantitative estimate of drug-likeness (QED) is 0.363. The summed E-state index contributed by atoms with van der Waals surface area (Å²) in [5.74, 6) is 0.867. The van der Waals surface area contributed by atoms with Gasteiger partial charge >= 0.3 is 0 Å². The molecule has 1 saturated heterocycles. The lowest BCUT2D eigenvalue weighted by Gasteiger charge is -2.41. The third-order valence-corrected chi connectivity index (χ3v) is 4.92. The van der Waals surface area contributed by atoms with Crippen molar-refractivity contribution in [2.24, 2.45) is 4.99 Å². The number of hydrogen-bond donors (Lipinski definition) is 2. The lowest BCUT2D eigenvalue weighted by atomic mass is 10.0. The summed E-state index contributed by atoms with van der Waals surface area (Å²) in [5, 5.41) is 6.89. The van der Waals surface area contributed by atoms with Gasteiger partial charge in [-0.05, 0) is 37.8 Å². The Hall–Kier alpha value is -0.860. The number of aryl methyl sites for hydroxylation is 1. The van der Waals surface area contributed by atoms with Crippen molar-refractivity contribution in [2.45, 2.75) is 39.2 Å². The van der Waals surface area contributed by atoms with Crippen LogP contribution in [0.4, 0.5) is 0 Å². The molecule has 0 amide bonds. The second kappa shape index (κ2) is 11.8. The van der Waals surface area contributed by atoms with Crippen LogP contribution >= 0.6 is 24.0 Å². The predicted octanol–water partition coefficient (Wildman–Crippen LogP) is 2.69. The molecule has 0 saturated carbocycles. The first-order valence-electron chi connectivity index (χ1n) is 9.40. The fraction of sp³-hybridized carbons (Fsp3) is 0.650. The molecule has 2 rings (SSSR count). The van der Waals surface area contributed by atoms with Crippen molar-refractivity contribution < 1.29 is 4.74 Å². The van der Waals surface area contributed by atoms with Gasteiger partial charge in [0.2, 0.25) is 0 Å². The largest absolute Gasteiger partial charge is 0.379 e. The van der Waals surface area contributed by atoms with E-state index < -0.39 is 0 Å². The van der Waals surface area contributed by atoms with Gasteiger partial charge in [-0.3, -0.25) is 9.89 Å². The molecule has 0 bridgehead atoms. The molecule has 2 N–H and O–H groups in total. The van der Waals surface area contributed by atoms with Gasteiger partial charge in [0, 0.05) is 38.8 Å². The number of ether oxygens (including phenoxy) is 1. The van der Waals surface area contributed by atoms with Crippen molar-refractivity contribution in [1.82, 2.24) is 15.5 Å². The highest BCUT2D eigenvalue weighted by atomic mass is 127. The Labute approximate surface area is 176 Å². The molecule has 1 fully saturated rings. The van der Waals surface area contributed by atoms with Gasteiger partial charge in [-0.2, -0.15) is 0 Å². The number of halogens is 1. The average molecular weight is 474 g/mol. The summed E-state index contributed by atoms with van der Waals surface area (Å²) in [6.45, 7) is 12.1. The summed E-state index contributed by atoms with van der Waals surface area (Å²) in [5.41, 5.74) is 2.82. The van der Waals surface area contributed by atoms with Crippen molar-refractivity contribution in [3.8, 4) is 0 Å². The first kappa shape index (κ1) is 23.2. The molecule has 1 heterocycles. The van der Waals surface area contributed by atoms with Crippen LogP contribution in [0.3, 0.4) is 0 Å². The Morgan fingerprint density at radius 3 is 2.31 bits per heavy atom. The van der Waals surface area contributed by atoms with E-state index in [0.29, 0.717) is 0 Å². The second-order valence-corrected chi connectivity index (χ2v) is 7.18. The van der Waals surface area contributed by atoms with E-state index in [1.54, 1.807) is 0 Å². The zero-order valence-electron chi connectivity index (χ0n) is 16.7. The van der Waals surface area contributed by atoms with Crippen LogP contribution in [-0.2, 0) is 17.6 Å². The van der Waals surface area contributed by atoms with Gasteiger partial charge in [-0.1, -0.05) is 31.2 Å². The van der Waals surface area contributed by atoms with Gasteiger partial charge in [-0.15, -0.1) is 24.0 Å². The molecule has 1 aliphatic heterocycles. The van der Waals surface area contributed by atoms with Crippen LogP contribution < -0.4 is 10.6 Å². The molecule has 26 heavy (non-hydrogen) atoms. The van der Waals surface area contributed by atoms with Crippen LogP contribution in [0.5, 0.6) is 0 Å². The summed E-state index contributed by atoms with van der Waals surface area (Å²) in [4.78, 5) is 6.82. The van der Waals surface area contributed by atoms with Crippen molar-refractivity contribution in [2.75, 3.05) is 46.4 Å².